The number of hydrogen-bond donors (Lipinski definition) is 7. The highest BCUT2D eigenvalue weighted by Gasteiger charge is 2.30. The van der Waals surface area contributed by atoms with Crippen LogP contribution in [-0.4, -0.2) is 73.1 Å². The van der Waals surface area contributed by atoms with Crippen molar-refractivity contribution in [2.75, 3.05) is 0 Å². The van der Waals surface area contributed by atoms with Crippen LogP contribution in [0.15, 0.2) is 12.5 Å². The van der Waals surface area contributed by atoms with E-state index in [1.165, 1.54) is 12.5 Å². The van der Waals surface area contributed by atoms with E-state index in [2.05, 4.69) is 20.6 Å². The van der Waals surface area contributed by atoms with Crippen LogP contribution < -0.4 is 16.4 Å². The molecule has 0 fully saturated rings. The summed E-state index contributed by atoms with van der Waals surface area (Å²) < 4.78 is 0. The Hall–Kier alpha value is -3.48. The monoisotopic (exact) mass is 399 g/mol. The largest absolute Gasteiger partial charge is 0.481 e. The van der Waals surface area contributed by atoms with E-state index in [9.17, 15) is 29.1 Å². The molecule has 3 unspecified atom stereocenters. The highest BCUT2D eigenvalue weighted by Crippen LogP contribution is 2.03. The van der Waals surface area contributed by atoms with E-state index in [4.69, 9.17) is 15.9 Å². The lowest BCUT2D eigenvalue weighted by Crippen LogP contribution is -2.55. The Bertz CT molecular complexity index is 720. The van der Waals surface area contributed by atoms with Gasteiger partial charge in [0.15, 0.2) is 0 Å². The second kappa shape index (κ2) is 10.6. The first kappa shape index (κ1) is 22.6. The molecule has 2 amide bonds. The summed E-state index contributed by atoms with van der Waals surface area (Å²) in [5, 5.41) is 31.1. The maximum Gasteiger partial charge on any atom is 0.326 e. The van der Waals surface area contributed by atoms with Crippen molar-refractivity contribution in [3.8, 4) is 0 Å². The standard InChI is InChI=1S/C15H21N5O8/c16-8(1-2-11(21)22)13(25)19-9(4-12(23)24)14(26)20-10(15(27)28)3-7-5-17-6-18-7/h5-6,8-10H,1-4,16H2,(H,17,18)(H,19,25)(H,20,26)(H,21,22)(H,23,24)(H,27,28). The first-order valence-corrected chi connectivity index (χ1v) is 8.10. The highest BCUT2D eigenvalue weighted by molar-refractivity contribution is 5.94. The number of carbonyl (C=O) groups excluding carboxylic acids is 2. The van der Waals surface area contributed by atoms with Crippen molar-refractivity contribution in [3.05, 3.63) is 18.2 Å². The molecule has 0 aromatic carbocycles. The number of aromatic nitrogens is 2. The zero-order valence-corrected chi connectivity index (χ0v) is 14.6. The summed E-state index contributed by atoms with van der Waals surface area (Å²) in [4.78, 5) is 63.6. The van der Waals surface area contributed by atoms with Gasteiger partial charge in [0.25, 0.3) is 0 Å². The molecular formula is C15H21N5O8. The molecule has 1 heterocycles. The number of nitrogens with zero attached hydrogens (tertiary/aromatic N) is 1. The van der Waals surface area contributed by atoms with Gasteiger partial charge in [0.05, 0.1) is 18.8 Å². The Labute approximate surface area is 158 Å². The van der Waals surface area contributed by atoms with Crippen LogP contribution in [-0.2, 0) is 30.4 Å². The molecule has 0 saturated carbocycles. The van der Waals surface area contributed by atoms with Crippen LogP contribution in [0.4, 0.5) is 0 Å². The van der Waals surface area contributed by atoms with Crippen LogP contribution >= 0.6 is 0 Å². The van der Waals surface area contributed by atoms with Crippen LogP contribution in [0.1, 0.15) is 25.0 Å². The van der Waals surface area contributed by atoms with Crippen LogP contribution in [0.25, 0.3) is 0 Å². The van der Waals surface area contributed by atoms with Gasteiger partial charge in [-0.2, -0.15) is 0 Å². The molecule has 0 aliphatic heterocycles. The molecule has 0 saturated heterocycles. The highest BCUT2D eigenvalue weighted by atomic mass is 16.4. The van der Waals surface area contributed by atoms with Crippen molar-refractivity contribution in [3.63, 3.8) is 0 Å². The molecule has 154 valence electrons. The summed E-state index contributed by atoms with van der Waals surface area (Å²) in [6.45, 7) is 0. The average molecular weight is 399 g/mol. The van der Waals surface area contributed by atoms with Crippen LogP contribution in [0.5, 0.6) is 0 Å². The Balaban J connectivity index is 2.79. The molecule has 1 aromatic heterocycles. The van der Waals surface area contributed by atoms with Gasteiger partial charge in [-0.05, 0) is 6.42 Å². The fraction of sp³-hybridized carbons (Fsp3) is 0.467. The van der Waals surface area contributed by atoms with E-state index in [1.54, 1.807) is 0 Å². The van der Waals surface area contributed by atoms with E-state index < -0.39 is 60.7 Å². The van der Waals surface area contributed by atoms with Crippen molar-refractivity contribution < 1.29 is 39.3 Å². The van der Waals surface area contributed by atoms with E-state index in [1.807, 2.05) is 0 Å². The number of rotatable bonds is 12. The molecular weight excluding hydrogens is 378 g/mol. The smallest absolute Gasteiger partial charge is 0.326 e. The van der Waals surface area contributed by atoms with E-state index in [0.717, 1.165) is 0 Å². The molecule has 1 rings (SSSR count). The second-order valence-electron chi connectivity index (χ2n) is 5.88. The SMILES string of the molecule is NC(CCC(=O)O)C(=O)NC(CC(=O)O)C(=O)NC(Cc1cnc[nH]1)C(=O)O. The molecule has 3 atom stereocenters. The van der Waals surface area contributed by atoms with Gasteiger partial charge in [-0.25, -0.2) is 9.78 Å². The molecule has 1 aromatic rings. The van der Waals surface area contributed by atoms with Crippen LogP contribution in [0.3, 0.4) is 0 Å². The molecule has 0 aliphatic rings. The van der Waals surface area contributed by atoms with Gasteiger partial charge >= 0.3 is 17.9 Å². The fourth-order valence-corrected chi connectivity index (χ4v) is 2.16. The number of carboxylic acids is 3. The normalized spacial score (nSPS) is 13.8. The molecule has 13 nitrogen and oxygen atoms in total. The van der Waals surface area contributed by atoms with Crippen molar-refractivity contribution >= 4 is 29.7 Å². The van der Waals surface area contributed by atoms with Gasteiger partial charge in [-0.15, -0.1) is 0 Å². The van der Waals surface area contributed by atoms with Crippen molar-refractivity contribution in [1.29, 1.82) is 0 Å². The quantitative estimate of drug-likeness (QED) is 0.198. The second-order valence-corrected chi connectivity index (χ2v) is 5.88. The third-order valence-electron chi connectivity index (χ3n) is 3.61. The van der Waals surface area contributed by atoms with Gasteiger partial charge in [0.1, 0.15) is 12.1 Å². The first-order chi connectivity index (χ1) is 13.1. The summed E-state index contributed by atoms with van der Waals surface area (Å²) in [6, 6.07) is -4.27. The van der Waals surface area contributed by atoms with Crippen molar-refractivity contribution in [1.82, 2.24) is 20.6 Å². The van der Waals surface area contributed by atoms with Crippen molar-refractivity contribution in [2.24, 2.45) is 5.73 Å². The number of carbonyl (C=O) groups is 5. The number of carboxylic acid groups (broad SMARTS) is 3. The number of aliphatic carboxylic acids is 3. The minimum absolute atomic E-state index is 0.146. The van der Waals surface area contributed by atoms with E-state index in [0.29, 0.717) is 5.69 Å². The zero-order chi connectivity index (χ0) is 21.3. The van der Waals surface area contributed by atoms with E-state index >= 15 is 0 Å². The number of nitrogens with one attached hydrogen (secondary N) is 3. The van der Waals surface area contributed by atoms with Gasteiger partial charge in [0, 0.05) is 24.7 Å². The minimum atomic E-state index is -1.59. The Morgan fingerprint density at radius 1 is 1.04 bits per heavy atom. The zero-order valence-electron chi connectivity index (χ0n) is 14.6. The maximum absolute atomic E-state index is 12.3. The third-order valence-corrected chi connectivity index (χ3v) is 3.61. The van der Waals surface area contributed by atoms with Crippen LogP contribution in [0, 0.1) is 0 Å². The van der Waals surface area contributed by atoms with Gasteiger partial charge < -0.3 is 36.7 Å². The van der Waals surface area contributed by atoms with Gasteiger partial charge in [0.2, 0.25) is 11.8 Å². The average Bonchev–Trinajstić information content (AvgIpc) is 3.10. The summed E-state index contributed by atoms with van der Waals surface area (Å²) in [5.74, 6) is -5.93. The summed E-state index contributed by atoms with van der Waals surface area (Å²) in [7, 11) is 0. The lowest BCUT2D eigenvalue weighted by atomic mass is 10.1. The number of amides is 2. The lowest BCUT2D eigenvalue weighted by Gasteiger charge is -2.21. The number of hydrogen-bond acceptors (Lipinski definition) is 7. The van der Waals surface area contributed by atoms with Crippen LogP contribution in [0.2, 0.25) is 0 Å². The van der Waals surface area contributed by atoms with Crippen molar-refractivity contribution in [2.45, 2.75) is 43.8 Å². The first-order valence-electron chi connectivity index (χ1n) is 8.10. The molecule has 13 heteroatoms. The summed E-state index contributed by atoms with van der Waals surface area (Å²) >= 11 is 0. The summed E-state index contributed by atoms with van der Waals surface area (Å²) in [5.41, 5.74) is 5.94. The van der Waals surface area contributed by atoms with Gasteiger partial charge in [-0.1, -0.05) is 0 Å². The predicted octanol–water partition coefficient (Wildman–Crippen LogP) is -2.33. The topological polar surface area (TPSA) is 225 Å². The molecule has 8 N–H and O–H groups in total. The van der Waals surface area contributed by atoms with Gasteiger partial charge in [-0.3, -0.25) is 19.2 Å². The molecule has 0 spiro atoms. The number of imidazole rings is 1. The third kappa shape index (κ3) is 7.82. The molecule has 0 aliphatic carbocycles. The molecule has 0 bridgehead atoms. The fourth-order valence-electron chi connectivity index (χ4n) is 2.16. The number of aromatic amines is 1. The Kier molecular flexibility index (Phi) is 8.55. The van der Waals surface area contributed by atoms with E-state index in [-0.39, 0.29) is 12.8 Å². The molecule has 0 radical (unpaired) electrons. The number of H-pyrrole nitrogens is 1. The summed E-state index contributed by atoms with van der Waals surface area (Å²) in [6.07, 6.45) is 1.10. The maximum atomic E-state index is 12.3. The Morgan fingerprint density at radius 3 is 2.18 bits per heavy atom. The predicted molar refractivity (Wildman–Crippen MR) is 90.9 cm³/mol. The lowest BCUT2D eigenvalue weighted by molar-refractivity contribution is -0.143. The molecule has 28 heavy (non-hydrogen) atoms. The number of nitrogens with two attached hydrogens (primary N) is 1. The Morgan fingerprint density at radius 2 is 1.68 bits per heavy atom. The minimum Gasteiger partial charge on any atom is -0.481 e.